The smallest absolute Gasteiger partial charge is 0.255 e. The number of hydrogen-bond donors (Lipinski definition) is 2. The van der Waals surface area contributed by atoms with Gasteiger partial charge in [-0.05, 0) is 26.0 Å². The van der Waals surface area contributed by atoms with E-state index in [1.165, 1.54) is 25.1 Å². The number of amides is 1. The second-order valence-electron chi connectivity index (χ2n) is 3.15. The van der Waals surface area contributed by atoms with E-state index in [-0.39, 0.29) is 23.0 Å². The van der Waals surface area contributed by atoms with Gasteiger partial charge in [0.25, 0.3) is 5.91 Å². The number of phenolic OH excluding ortho intramolecular Hbond substituents is 1. The van der Waals surface area contributed by atoms with E-state index in [1.807, 2.05) is 0 Å². The van der Waals surface area contributed by atoms with Gasteiger partial charge in [0.1, 0.15) is 5.75 Å². The first-order chi connectivity index (χ1) is 7.06. The Morgan fingerprint density at radius 1 is 1.40 bits per heavy atom. The molecular formula is C11H13NO3. The molecule has 0 saturated heterocycles. The molecule has 1 aromatic carbocycles. The van der Waals surface area contributed by atoms with Crippen molar-refractivity contribution < 1.29 is 14.7 Å². The van der Waals surface area contributed by atoms with Crippen LogP contribution in [0.4, 0.5) is 0 Å². The van der Waals surface area contributed by atoms with Gasteiger partial charge in [-0.25, -0.2) is 0 Å². The Labute approximate surface area is 87.9 Å². The highest BCUT2D eigenvalue weighted by Gasteiger charge is 2.11. The standard InChI is InChI=1S/C11H13NO3/c1-3-12-11(15)9-5-4-8(7(2)13)6-10(9)14/h4-6,14H,3H2,1-2H3,(H,12,15). The number of carbonyl (C=O) groups excluding carboxylic acids is 2. The number of aromatic hydroxyl groups is 1. The number of rotatable bonds is 3. The number of phenols is 1. The lowest BCUT2D eigenvalue weighted by molar-refractivity contribution is 0.0950. The Balaban J connectivity index is 3.03. The van der Waals surface area contributed by atoms with Crippen LogP contribution in [0.2, 0.25) is 0 Å². The summed E-state index contributed by atoms with van der Waals surface area (Å²) < 4.78 is 0. The maximum atomic E-state index is 11.4. The number of carbonyl (C=O) groups is 2. The van der Waals surface area contributed by atoms with Crippen molar-refractivity contribution in [1.82, 2.24) is 5.32 Å². The molecule has 0 bridgehead atoms. The van der Waals surface area contributed by atoms with Crippen molar-refractivity contribution >= 4 is 11.7 Å². The maximum absolute atomic E-state index is 11.4. The van der Waals surface area contributed by atoms with E-state index in [2.05, 4.69) is 5.32 Å². The quantitative estimate of drug-likeness (QED) is 0.735. The molecule has 4 nitrogen and oxygen atoms in total. The molecule has 1 rings (SSSR count). The first-order valence-electron chi connectivity index (χ1n) is 4.68. The average molecular weight is 207 g/mol. The van der Waals surface area contributed by atoms with Crippen LogP contribution < -0.4 is 5.32 Å². The number of nitrogens with one attached hydrogen (secondary N) is 1. The molecule has 0 heterocycles. The monoisotopic (exact) mass is 207 g/mol. The van der Waals surface area contributed by atoms with Gasteiger partial charge >= 0.3 is 0 Å². The summed E-state index contributed by atoms with van der Waals surface area (Å²) in [5.41, 5.74) is 0.572. The molecule has 0 atom stereocenters. The minimum Gasteiger partial charge on any atom is -0.507 e. The third-order valence-electron chi connectivity index (χ3n) is 1.99. The van der Waals surface area contributed by atoms with Gasteiger partial charge in [0, 0.05) is 12.1 Å². The van der Waals surface area contributed by atoms with E-state index in [0.717, 1.165) is 0 Å². The molecule has 2 N–H and O–H groups in total. The second-order valence-corrected chi connectivity index (χ2v) is 3.15. The summed E-state index contributed by atoms with van der Waals surface area (Å²) in [4.78, 5) is 22.4. The topological polar surface area (TPSA) is 66.4 Å². The third kappa shape index (κ3) is 2.56. The zero-order valence-electron chi connectivity index (χ0n) is 8.70. The molecule has 0 radical (unpaired) electrons. The normalized spacial score (nSPS) is 9.73. The van der Waals surface area contributed by atoms with Crippen LogP contribution in [-0.4, -0.2) is 23.3 Å². The predicted molar refractivity (Wildman–Crippen MR) is 56.1 cm³/mol. The third-order valence-corrected chi connectivity index (χ3v) is 1.99. The van der Waals surface area contributed by atoms with E-state index < -0.39 is 0 Å². The molecule has 4 heteroatoms. The van der Waals surface area contributed by atoms with E-state index >= 15 is 0 Å². The van der Waals surface area contributed by atoms with E-state index in [9.17, 15) is 14.7 Å². The van der Waals surface area contributed by atoms with Gasteiger partial charge in [0.2, 0.25) is 0 Å². The molecule has 0 unspecified atom stereocenters. The van der Waals surface area contributed by atoms with Gasteiger partial charge in [0.05, 0.1) is 5.56 Å². The first kappa shape index (κ1) is 11.2. The summed E-state index contributed by atoms with van der Waals surface area (Å²) in [6.07, 6.45) is 0. The summed E-state index contributed by atoms with van der Waals surface area (Å²) in [7, 11) is 0. The molecule has 1 aromatic rings. The molecule has 0 fully saturated rings. The van der Waals surface area contributed by atoms with Crippen molar-refractivity contribution in [3.63, 3.8) is 0 Å². The van der Waals surface area contributed by atoms with Crippen molar-refractivity contribution in [3.8, 4) is 5.75 Å². The molecular weight excluding hydrogens is 194 g/mol. The minimum atomic E-state index is -0.342. The van der Waals surface area contributed by atoms with Gasteiger partial charge in [0.15, 0.2) is 5.78 Å². The highest BCUT2D eigenvalue weighted by molar-refractivity contribution is 6.00. The van der Waals surface area contributed by atoms with Crippen molar-refractivity contribution in [1.29, 1.82) is 0 Å². The summed E-state index contributed by atoms with van der Waals surface area (Å²) >= 11 is 0. The maximum Gasteiger partial charge on any atom is 0.255 e. The molecule has 1 amide bonds. The number of Topliss-reactive ketones (excluding diaryl/α,β-unsaturated/α-hetero) is 1. The van der Waals surface area contributed by atoms with Gasteiger partial charge in [-0.2, -0.15) is 0 Å². The van der Waals surface area contributed by atoms with Crippen LogP contribution in [0.1, 0.15) is 34.6 Å². The van der Waals surface area contributed by atoms with Crippen LogP contribution in [0.15, 0.2) is 18.2 Å². The van der Waals surface area contributed by atoms with Crippen LogP contribution in [0.25, 0.3) is 0 Å². The highest BCUT2D eigenvalue weighted by atomic mass is 16.3. The van der Waals surface area contributed by atoms with Crippen LogP contribution in [-0.2, 0) is 0 Å². The molecule has 80 valence electrons. The number of ketones is 1. The highest BCUT2D eigenvalue weighted by Crippen LogP contribution is 2.18. The lowest BCUT2D eigenvalue weighted by atomic mass is 10.1. The van der Waals surface area contributed by atoms with Crippen LogP contribution in [0.5, 0.6) is 5.75 Å². The predicted octanol–water partition coefficient (Wildman–Crippen LogP) is 1.34. The molecule has 0 aliphatic rings. The fourth-order valence-corrected chi connectivity index (χ4v) is 1.20. The van der Waals surface area contributed by atoms with Gasteiger partial charge in [-0.15, -0.1) is 0 Å². The Hall–Kier alpha value is -1.84. The molecule has 15 heavy (non-hydrogen) atoms. The zero-order valence-corrected chi connectivity index (χ0v) is 8.70. The minimum absolute atomic E-state index is 0.146. The van der Waals surface area contributed by atoms with Crippen molar-refractivity contribution in [2.45, 2.75) is 13.8 Å². The van der Waals surface area contributed by atoms with Gasteiger partial charge in [-0.3, -0.25) is 9.59 Å². The van der Waals surface area contributed by atoms with Crippen LogP contribution >= 0.6 is 0 Å². The lowest BCUT2D eigenvalue weighted by Crippen LogP contribution is -2.22. The van der Waals surface area contributed by atoms with Crippen molar-refractivity contribution in [2.24, 2.45) is 0 Å². The molecule has 0 aliphatic carbocycles. The molecule has 0 saturated carbocycles. The van der Waals surface area contributed by atoms with Gasteiger partial charge in [-0.1, -0.05) is 6.07 Å². The summed E-state index contributed by atoms with van der Waals surface area (Å²) in [5, 5.41) is 12.1. The molecule has 0 aromatic heterocycles. The van der Waals surface area contributed by atoms with Crippen LogP contribution in [0, 0.1) is 0 Å². The lowest BCUT2D eigenvalue weighted by Gasteiger charge is -2.05. The first-order valence-corrected chi connectivity index (χ1v) is 4.68. The van der Waals surface area contributed by atoms with Crippen molar-refractivity contribution in [2.75, 3.05) is 6.54 Å². The summed E-state index contributed by atoms with van der Waals surface area (Å²) in [6, 6.07) is 4.26. The second kappa shape index (κ2) is 4.59. The SMILES string of the molecule is CCNC(=O)c1ccc(C(C)=O)cc1O. The fraction of sp³-hybridized carbons (Fsp3) is 0.273. The van der Waals surface area contributed by atoms with Crippen molar-refractivity contribution in [3.05, 3.63) is 29.3 Å². The molecule has 0 spiro atoms. The van der Waals surface area contributed by atoms with E-state index in [1.54, 1.807) is 6.92 Å². The summed E-state index contributed by atoms with van der Waals surface area (Å²) in [5.74, 6) is -0.661. The average Bonchev–Trinajstić information content (AvgIpc) is 2.17. The number of benzene rings is 1. The zero-order chi connectivity index (χ0) is 11.4. The van der Waals surface area contributed by atoms with Gasteiger partial charge < -0.3 is 10.4 Å². The Bertz CT molecular complexity index is 399. The Morgan fingerprint density at radius 3 is 2.53 bits per heavy atom. The largest absolute Gasteiger partial charge is 0.507 e. The fourth-order valence-electron chi connectivity index (χ4n) is 1.20. The Morgan fingerprint density at radius 2 is 2.07 bits per heavy atom. The van der Waals surface area contributed by atoms with E-state index in [4.69, 9.17) is 0 Å². The molecule has 0 aliphatic heterocycles. The van der Waals surface area contributed by atoms with E-state index in [0.29, 0.717) is 12.1 Å². The number of hydrogen-bond acceptors (Lipinski definition) is 3. The summed E-state index contributed by atoms with van der Waals surface area (Å²) in [6.45, 7) is 3.69. The Kier molecular flexibility index (Phi) is 3.44. The van der Waals surface area contributed by atoms with Crippen LogP contribution in [0.3, 0.4) is 0 Å².